The summed E-state index contributed by atoms with van der Waals surface area (Å²) in [6.07, 6.45) is -1.19. The second kappa shape index (κ2) is 6.24. The molecule has 0 saturated carbocycles. The van der Waals surface area contributed by atoms with Crippen molar-refractivity contribution < 1.29 is 19.4 Å². The van der Waals surface area contributed by atoms with E-state index in [4.69, 9.17) is 10.8 Å². The Morgan fingerprint density at radius 1 is 1.62 bits per heavy atom. The van der Waals surface area contributed by atoms with E-state index in [9.17, 15) is 9.59 Å². The molecule has 4 N–H and O–H groups in total. The molecule has 1 unspecified atom stereocenters. The number of nitrogens with two attached hydrogens (primary N) is 1. The first kappa shape index (κ1) is 11.7. The average molecular weight is 190 g/mol. The quantitative estimate of drug-likeness (QED) is 0.515. The summed E-state index contributed by atoms with van der Waals surface area (Å²) in [5, 5.41) is 11.1. The third kappa shape index (κ3) is 5.92. The molecule has 13 heavy (non-hydrogen) atoms. The Labute approximate surface area is 76.0 Å². The van der Waals surface area contributed by atoms with Crippen LogP contribution in [0, 0.1) is 0 Å². The third-order valence-electron chi connectivity index (χ3n) is 1.46. The lowest BCUT2D eigenvalue weighted by molar-refractivity contribution is -0.121. The van der Waals surface area contributed by atoms with Crippen LogP contribution in [0.4, 0.5) is 4.79 Å². The van der Waals surface area contributed by atoms with Gasteiger partial charge in [0, 0.05) is 13.5 Å². The predicted octanol–water partition coefficient (Wildman–Crippen LogP) is -1.03. The molecule has 0 fully saturated rings. The molecule has 6 nitrogen and oxygen atoms in total. The number of rotatable bonds is 5. The summed E-state index contributed by atoms with van der Waals surface area (Å²) in [6, 6.07) is 0. The Morgan fingerprint density at radius 2 is 2.23 bits per heavy atom. The van der Waals surface area contributed by atoms with E-state index in [0.29, 0.717) is 0 Å². The first-order valence-electron chi connectivity index (χ1n) is 3.87. The molecule has 0 heterocycles. The van der Waals surface area contributed by atoms with Gasteiger partial charge in [0.15, 0.2) is 0 Å². The minimum atomic E-state index is -0.948. The van der Waals surface area contributed by atoms with Gasteiger partial charge in [-0.05, 0) is 6.42 Å². The molecule has 0 rings (SSSR count). The summed E-state index contributed by atoms with van der Waals surface area (Å²) in [4.78, 5) is 21.0. The van der Waals surface area contributed by atoms with E-state index < -0.39 is 12.2 Å². The van der Waals surface area contributed by atoms with Crippen molar-refractivity contribution >= 4 is 12.0 Å². The van der Waals surface area contributed by atoms with E-state index in [1.165, 1.54) is 7.05 Å². The smallest absolute Gasteiger partial charge is 0.404 e. The van der Waals surface area contributed by atoms with Gasteiger partial charge in [-0.15, -0.1) is 0 Å². The SMILES string of the molecule is CNC(=O)CCC(CO)OC(N)=O. The van der Waals surface area contributed by atoms with Crippen LogP contribution in [0.1, 0.15) is 12.8 Å². The van der Waals surface area contributed by atoms with Gasteiger partial charge in [0.25, 0.3) is 0 Å². The lowest BCUT2D eigenvalue weighted by Crippen LogP contribution is -2.28. The molecule has 6 heteroatoms. The molecule has 0 aromatic carbocycles. The molecule has 0 aliphatic rings. The van der Waals surface area contributed by atoms with Crippen molar-refractivity contribution in [3.63, 3.8) is 0 Å². The lowest BCUT2D eigenvalue weighted by atomic mass is 10.2. The fourth-order valence-corrected chi connectivity index (χ4v) is 0.769. The number of carbonyl (C=O) groups is 2. The van der Waals surface area contributed by atoms with Crippen molar-refractivity contribution in [2.24, 2.45) is 5.73 Å². The van der Waals surface area contributed by atoms with Crippen molar-refractivity contribution in [2.75, 3.05) is 13.7 Å². The monoisotopic (exact) mass is 190 g/mol. The Hall–Kier alpha value is -1.30. The maximum absolute atomic E-state index is 10.8. The molecule has 0 bridgehead atoms. The molecule has 0 aromatic heterocycles. The zero-order valence-corrected chi connectivity index (χ0v) is 7.45. The van der Waals surface area contributed by atoms with Crippen molar-refractivity contribution in [2.45, 2.75) is 18.9 Å². The zero-order chi connectivity index (χ0) is 10.3. The molecule has 0 aliphatic heterocycles. The Kier molecular flexibility index (Phi) is 5.62. The normalized spacial score (nSPS) is 11.8. The van der Waals surface area contributed by atoms with Gasteiger partial charge in [-0.25, -0.2) is 4.79 Å². The fraction of sp³-hybridized carbons (Fsp3) is 0.714. The summed E-state index contributed by atoms with van der Waals surface area (Å²) in [7, 11) is 1.51. The molecular weight excluding hydrogens is 176 g/mol. The molecule has 0 aromatic rings. The van der Waals surface area contributed by atoms with Gasteiger partial charge < -0.3 is 20.9 Å². The van der Waals surface area contributed by atoms with Crippen LogP contribution in [0.25, 0.3) is 0 Å². The molecule has 76 valence electrons. The lowest BCUT2D eigenvalue weighted by Gasteiger charge is -2.12. The second-order valence-corrected chi connectivity index (χ2v) is 2.45. The van der Waals surface area contributed by atoms with Gasteiger partial charge in [0.1, 0.15) is 6.10 Å². The molecule has 0 spiro atoms. The highest BCUT2D eigenvalue weighted by Gasteiger charge is 2.12. The largest absolute Gasteiger partial charge is 0.444 e. The van der Waals surface area contributed by atoms with Crippen LogP contribution in [0.5, 0.6) is 0 Å². The molecule has 2 amide bonds. The molecule has 1 atom stereocenters. The van der Waals surface area contributed by atoms with Crippen molar-refractivity contribution in [1.82, 2.24) is 5.32 Å². The zero-order valence-electron chi connectivity index (χ0n) is 7.45. The van der Waals surface area contributed by atoms with Crippen LogP contribution in [-0.4, -0.2) is 36.9 Å². The van der Waals surface area contributed by atoms with Gasteiger partial charge in [0.05, 0.1) is 6.61 Å². The van der Waals surface area contributed by atoms with Gasteiger partial charge in [-0.3, -0.25) is 4.79 Å². The van der Waals surface area contributed by atoms with E-state index >= 15 is 0 Å². The highest BCUT2D eigenvalue weighted by molar-refractivity contribution is 5.75. The maximum atomic E-state index is 10.8. The van der Waals surface area contributed by atoms with Crippen molar-refractivity contribution in [3.8, 4) is 0 Å². The van der Waals surface area contributed by atoms with Crippen LogP contribution < -0.4 is 11.1 Å². The standard InChI is InChI=1S/C7H14N2O4/c1-9-6(11)3-2-5(4-10)13-7(8)12/h5,10H,2-4H2,1H3,(H2,8,12)(H,9,11). The number of hydrogen-bond acceptors (Lipinski definition) is 4. The number of ether oxygens (including phenoxy) is 1. The fourth-order valence-electron chi connectivity index (χ4n) is 0.769. The summed E-state index contributed by atoms with van der Waals surface area (Å²) in [6.45, 7) is -0.333. The van der Waals surface area contributed by atoms with Crippen molar-refractivity contribution in [3.05, 3.63) is 0 Å². The van der Waals surface area contributed by atoms with E-state index in [1.54, 1.807) is 0 Å². The van der Waals surface area contributed by atoms with E-state index in [1.807, 2.05) is 0 Å². The Morgan fingerprint density at radius 3 is 2.62 bits per heavy atom. The first-order valence-corrected chi connectivity index (χ1v) is 3.87. The van der Waals surface area contributed by atoms with Gasteiger partial charge in [0.2, 0.25) is 5.91 Å². The number of hydrogen-bond donors (Lipinski definition) is 3. The number of amides is 2. The van der Waals surface area contributed by atoms with Gasteiger partial charge >= 0.3 is 6.09 Å². The number of carbonyl (C=O) groups excluding carboxylic acids is 2. The minimum absolute atomic E-state index is 0.175. The summed E-state index contributed by atoms with van der Waals surface area (Å²) < 4.78 is 4.50. The van der Waals surface area contributed by atoms with Gasteiger partial charge in [-0.2, -0.15) is 0 Å². The molecule has 0 aliphatic carbocycles. The number of aliphatic hydroxyl groups is 1. The van der Waals surface area contributed by atoms with Crippen LogP contribution >= 0.6 is 0 Å². The Balaban J connectivity index is 3.71. The molecule has 0 radical (unpaired) electrons. The van der Waals surface area contributed by atoms with Crippen LogP contribution in [0.15, 0.2) is 0 Å². The van der Waals surface area contributed by atoms with Crippen LogP contribution in [0.3, 0.4) is 0 Å². The minimum Gasteiger partial charge on any atom is -0.444 e. The van der Waals surface area contributed by atoms with Crippen LogP contribution in [-0.2, 0) is 9.53 Å². The number of primary amides is 1. The topological polar surface area (TPSA) is 102 Å². The number of aliphatic hydroxyl groups excluding tert-OH is 1. The van der Waals surface area contributed by atoms with E-state index in [-0.39, 0.29) is 25.4 Å². The highest BCUT2D eigenvalue weighted by atomic mass is 16.6. The second-order valence-electron chi connectivity index (χ2n) is 2.45. The molecular formula is C7H14N2O4. The van der Waals surface area contributed by atoms with Crippen molar-refractivity contribution in [1.29, 1.82) is 0 Å². The molecule has 0 saturated heterocycles. The van der Waals surface area contributed by atoms with Crippen LogP contribution in [0.2, 0.25) is 0 Å². The highest BCUT2D eigenvalue weighted by Crippen LogP contribution is 2.01. The average Bonchev–Trinajstić information content (AvgIpc) is 2.10. The summed E-state index contributed by atoms with van der Waals surface area (Å²) in [5.74, 6) is -0.175. The first-order chi connectivity index (χ1) is 6.10. The summed E-state index contributed by atoms with van der Waals surface area (Å²) >= 11 is 0. The predicted molar refractivity (Wildman–Crippen MR) is 44.8 cm³/mol. The van der Waals surface area contributed by atoms with Gasteiger partial charge in [-0.1, -0.05) is 0 Å². The number of nitrogens with one attached hydrogen (secondary N) is 1. The van der Waals surface area contributed by atoms with E-state index in [0.717, 1.165) is 0 Å². The third-order valence-corrected chi connectivity index (χ3v) is 1.46. The summed E-state index contributed by atoms with van der Waals surface area (Å²) in [5.41, 5.74) is 4.73. The van der Waals surface area contributed by atoms with E-state index in [2.05, 4.69) is 10.1 Å². The maximum Gasteiger partial charge on any atom is 0.404 e. The Bertz CT molecular complexity index is 183.